The van der Waals surface area contributed by atoms with Crippen LogP contribution in [0.3, 0.4) is 0 Å². The molecule has 2 fully saturated rings. The highest BCUT2D eigenvalue weighted by Crippen LogP contribution is 2.38. The third-order valence-electron chi connectivity index (χ3n) is 5.78. The second-order valence-electron chi connectivity index (χ2n) is 8.45. The molecule has 2 saturated carbocycles. The molecule has 0 aliphatic heterocycles. The number of rotatable bonds is 3. The van der Waals surface area contributed by atoms with Crippen molar-refractivity contribution in [3.63, 3.8) is 0 Å². The molecule has 0 radical (unpaired) electrons. The summed E-state index contributed by atoms with van der Waals surface area (Å²) < 4.78 is 0. The third-order valence-corrected chi connectivity index (χ3v) is 5.78. The van der Waals surface area contributed by atoms with E-state index < -0.39 is 0 Å². The van der Waals surface area contributed by atoms with Crippen LogP contribution >= 0.6 is 0 Å². The molecule has 0 unspecified atom stereocenters. The molecule has 19 heavy (non-hydrogen) atoms. The number of nitrogens with one attached hydrogen (secondary N) is 1. The zero-order chi connectivity index (χ0) is 13.9. The summed E-state index contributed by atoms with van der Waals surface area (Å²) in [6.07, 6.45) is 11.5. The number of hydrogen-bond donors (Lipinski definition) is 1. The maximum atomic E-state index is 3.88. The molecule has 0 aromatic heterocycles. The van der Waals surface area contributed by atoms with Crippen molar-refractivity contribution in [1.29, 1.82) is 0 Å². The fourth-order valence-corrected chi connectivity index (χ4v) is 4.03. The molecular weight excluding hydrogens is 230 g/mol. The van der Waals surface area contributed by atoms with Crippen molar-refractivity contribution in [3.8, 4) is 0 Å². The maximum Gasteiger partial charge on any atom is 0.00673 e. The quantitative estimate of drug-likeness (QED) is 0.756. The third kappa shape index (κ3) is 4.77. The monoisotopic (exact) mass is 265 g/mol. The van der Waals surface area contributed by atoms with Crippen molar-refractivity contribution in [3.05, 3.63) is 0 Å². The fraction of sp³-hybridized carbons (Fsp3) is 1.00. The van der Waals surface area contributed by atoms with Gasteiger partial charge in [-0.05, 0) is 68.2 Å². The first-order valence-electron chi connectivity index (χ1n) is 8.68. The van der Waals surface area contributed by atoms with Crippen LogP contribution in [-0.4, -0.2) is 12.6 Å². The highest BCUT2D eigenvalue weighted by atomic mass is 14.9. The van der Waals surface area contributed by atoms with Gasteiger partial charge in [0.2, 0.25) is 0 Å². The Bertz CT molecular complexity index is 249. The molecule has 0 aromatic carbocycles. The minimum Gasteiger partial charge on any atom is -0.314 e. The molecule has 0 amide bonds. The predicted molar refractivity (Wildman–Crippen MR) is 84.3 cm³/mol. The minimum atomic E-state index is 0.518. The smallest absolute Gasteiger partial charge is 0.00673 e. The van der Waals surface area contributed by atoms with Gasteiger partial charge in [0.05, 0.1) is 0 Å². The molecule has 112 valence electrons. The summed E-state index contributed by atoms with van der Waals surface area (Å²) in [7, 11) is 0. The van der Waals surface area contributed by atoms with Gasteiger partial charge in [-0.2, -0.15) is 0 Å². The Morgan fingerprint density at radius 2 is 1.42 bits per heavy atom. The van der Waals surface area contributed by atoms with Crippen LogP contribution in [0.4, 0.5) is 0 Å². The average Bonchev–Trinajstić information content (AvgIpc) is 2.37. The van der Waals surface area contributed by atoms with Gasteiger partial charge in [0.15, 0.2) is 0 Å². The molecule has 0 heterocycles. The first-order chi connectivity index (χ1) is 8.95. The predicted octanol–water partition coefficient (Wildman–Crippen LogP) is 5.01. The van der Waals surface area contributed by atoms with Gasteiger partial charge in [-0.15, -0.1) is 0 Å². The van der Waals surface area contributed by atoms with Crippen molar-refractivity contribution < 1.29 is 0 Å². The molecule has 0 spiro atoms. The van der Waals surface area contributed by atoms with Gasteiger partial charge in [0, 0.05) is 6.04 Å². The van der Waals surface area contributed by atoms with Gasteiger partial charge in [-0.1, -0.05) is 40.5 Å². The van der Waals surface area contributed by atoms with E-state index in [9.17, 15) is 0 Å². The first kappa shape index (κ1) is 15.4. The van der Waals surface area contributed by atoms with Gasteiger partial charge in [0.25, 0.3) is 0 Å². The molecule has 1 nitrogen and oxygen atoms in total. The summed E-state index contributed by atoms with van der Waals surface area (Å²) in [6, 6.07) is 0.818. The highest BCUT2D eigenvalue weighted by Gasteiger charge is 2.29. The van der Waals surface area contributed by atoms with E-state index in [1.807, 2.05) is 0 Å². The van der Waals surface area contributed by atoms with E-state index in [0.29, 0.717) is 5.41 Å². The van der Waals surface area contributed by atoms with Crippen LogP contribution in [0.15, 0.2) is 0 Å². The molecule has 0 bridgehead atoms. The molecule has 1 heteroatoms. The summed E-state index contributed by atoms with van der Waals surface area (Å²) in [6.45, 7) is 10.9. The Labute approximate surface area is 120 Å². The van der Waals surface area contributed by atoms with Gasteiger partial charge in [-0.25, -0.2) is 0 Å². The molecule has 2 aliphatic rings. The minimum absolute atomic E-state index is 0.518. The molecule has 2 rings (SSSR count). The van der Waals surface area contributed by atoms with Crippen molar-refractivity contribution in [2.75, 3.05) is 6.54 Å². The average molecular weight is 265 g/mol. The normalized spacial score (nSPS) is 37.3. The van der Waals surface area contributed by atoms with E-state index in [-0.39, 0.29) is 0 Å². The van der Waals surface area contributed by atoms with Gasteiger partial charge < -0.3 is 5.32 Å². The second-order valence-corrected chi connectivity index (χ2v) is 8.45. The van der Waals surface area contributed by atoms with Crippen LogP contribution in [0.25, 0.3) is 0 Å². The molecule has 0 aromatic rings. The van der Waals surface area contributed by atoms with Crippen molar-refractivity contribution in [1.82, 2.24) is 5.32 Å². The molecule has 0 atom stereocenters. The molecule has 0 saturated heterocycles. The molecule has 2 aliphatic carbocycles. The van der Waals surface area contributed by atoms with Crippen molar-refractivity contribution in [2.45, 2.75) is 85.1 Å². The Morgan fingerprint density at radius 3 is 1.95 bits per heavy atom. The number of hydrogen-bond acceptors (Lipinski definition) is 1. The Kier molecular flexibility index (Phi) is 5.34. The van der Waals surface area contributed by atoms with Crippen LogP contribution in [-0.2, 0) is 0 Å². The van der Waals surface area contributed by atoms with Gasteiger partial charge in [0.1, 0.15) is 0 Å². The topological polar surface area (TPSA) is 12.0 Å². The van der Waals surface area contributed by atoms with Crippen LogP contribution in [0.2, 0.25) is 0 Å². The maximum absolute atomic E-state index is 3.88. The van der Waals surface area contributed by atoms with Crippen LogP contribution in [0.5, 0.6) is 0 Å². The standard InChI is InChI=1S/C18H35N/c1-14-5-7-15(8-6-14)13-19-17-11-9-16(10-12-17)18(2,3)4/h14-17,19H,5-13H2,1-4H3. The Balaban J connectivity index is 1.63. The lowest BCUT2D eigenvalue weighted by Crippen LogP contribution is -2.39. The largest absolute Gasteiger partial charge is 0.314 e. The van der Waals surface area contributed by atoms with Gasteiger partial charge in [-0.3, -0.25) is 0 Å². The fourth-order valence-electron chi connectivity index (χ4n) is 4.03. The Hall–Kier alpha value is -0.0400. The van der Waals surface area contributed by atoms with Crippen LogP contribution in [0.1, 0.15) is 79.1 Å². The Morgan fingerprint density at radius 1 is 0.842 bits per heavy atom. The summed E-state index contributed by atoms with van der Waals surface area (Å²) in [5, 5.41) is 3.88. The van der Waals surface area contributed by atoms with Crippen molar-refractivity contribution in [2.24, 2.45) is 23.2 Å². The van der Waals surface area contributed by atoms with Crippen LogP contribution in [0, 0.1) is 23.2 Å². The lowest BCUT2D eigenvalue weighted by Gasteiger charge is -2.38. The summed E-state index contributed by atoms with van der Waals surface area (Å²) >= 11 is 0. The lowest BCUT2D eigenvalue weighted by atomic mass is 9.71. The lowest BCUT2D eigenvalue weighted by molar-refractivity contribution is 0.156. The van der Waals surface area contributed by atoms with Crippen LogP contribution < -0.4 is 5.32 Å². The van der Waals surface area contributed by atoms with E-state index in [1.165, 1.54) is 57.9 Å². The zero-order valence-corrected chi connectivity index (χ0v) is 13.7. The second kappa shape index (κ2) is 6.61. The summed E-state index contributed by atoms with van der Waals surface area (Å²) in [4.78, 5) is 0. The van der Waals surface area contributed by atoms with E-state index in [1.54, 1.807) is 0 Å². The van der Waals surface area contributed by atoms with E-state index in [2.05, 4.69) is 33.0 Å². The molecular formula is C18H35N. The van der Waals surface area contributed by atoms with E-state index in [0.717, 1.165) is 23.8 Å². The summed E-state index contributed by atoms with van der Waals surface area (Å²) in [5.41, 5.74) is 0.518. The van der Waals surface area contributed by atoms with E-state index >= 15 is 0 Å². The first-order valence-corrected chi connectivity index (χ1v) is 8.68. The summed E-state index contributed by atoms with van der Waals surface area (Å²) in [5.74, 6) is 2.90. The highest BCUT2D eigenvalue weighted by molar-refractivity contribution is 4.84. The van der Waals surface area contributed by atoms with Crippen molar-refractivity contribution >= 4 is 0 Å². The zero-order valence-electron chi connectivity index (χ0n) is 13.7. The van der Waals surface area contributed by atoms with Gasteiger partial charge >= 0.3 is 0 Å². The molecule has 1 N–H and O–H groups in total. The van der Waals surface area contributed by atoms with E-state index in [4.69, 9.17) is 0 Å². The SMILES string of the molecule is CC1CCC(CNC2CCC(C(C)(C)C)CC2)CC1.